The van der Waals surface area contributed by atoms with E-state index in [9.17, 15) is 21.6 Å². The van der Waals surface area contributed by atoms with Crippen molar-refractivity contribution in [3.05, 3.63) is 24.2 Å². The normalized spacial score (nSPS) is 12.3. The first kappa shape index (κ1) is 20.2. The molecule has 0 aliphatic heterocycles. The number of carbonyl (C=O) groups excluding carboxylic acids is 1. The number of rotatable bonds is 6. The summed E-state index contributed by atoms with van der Waals surface area (Å²) in [6.07, 6.45) is 1.96. The molecule has 0 saturated heterocycles. The second-order valence-corrected chi connectivity index (χ2v) is 10.5. The van der Waals surface area contributed by atoms with Gasteiger partial charge in [0.15, 0.2) is 0 Å². The van der Waals surface area contributed by atoms with E-state index in [1.165, 1.54) is 13.2 Å². The fourth-order valence-corrected chi connectivity index (χ4v) is 6.24. The van der Waals surface area contributed by atoms with Crippen LogP contribution in [0.3, 0.4) is 0 Å². The van der Waals surface area contributed by atoms with E-state index in [2.05, 4.69) is 19.9 Å². The molecule has 0 saturated carbocycles. The molecule has 0 unspecified atom stereocenters. The van der Waals surface area contributed by atoms with E-state index in [0.717, 1.165) is 18.5 Å². The van der Waals surface area contributed by atoms with E-state index in [-0.39, 0.29) is 10.6 Å². The molecular weight excluding hydrogens is 449 g/mol. The first-order valence-corrected chi connectivity index (χ1v) is 12.0. The zero-order valence-corrected chi connectivity index (χ0v) is 17.2. The summed E-state index contributed by atoms with van der Waals surface area (Å²) in [7, 11) is -7.01. The molecule has 1 amide bonds. The van der Waals surface area contributed by atoms with Crippen molar-refractivity contribution in [3.8, 4) is 6.01 Å². The molecule has 0 fully saturated rings. The molecule has 14 heteroatoms. The van der Waals surface area contributed by atoms with Gasteiger partial charge in [-0.25, -0.2) is 0 Å². The molecule has 0 aromatic carbocycles. The van der Waals surface area contributed by atoms with Gasteiger partial charge < -0.3 is 0 Å². The van der Waals surface area contributed by atoms with Crippen LogP contribution in [0.4, 0.5) is 4.79 Å². The average Bonchev–Trinajstić information content (AvgIpc) is 2.52. The van der Waals surface area contributed by atoms with Crippen LogP contribution in [0.2, 0.25) is 0 Å². The molecule has 2 aromatic heterocycles. The minimum atomic E-state index is -4.44. The average molecular weight is 462 g/mol. The van der Waals surface area contributed by atoms with Gasteiger partial charge in [-0.2, -0.15) is 0 Å². The number of amides is 1. The van der Waals surface area contributed by atoms with Gasteiger partial charge in [0.1, 0.15) is 0 Å². The van der Waals surface area contributed by atoms with Crippen LogP contribution >= 0.6 is 0 Å². The molecule has 2 aromatic rings. The number of carbonyl (C=O) groups is 1. The summed E-state index contributed by atoms with van der Waals surface area (Å²) in [4.78, 5) is 26.8. The third-order valence-electron chi connectivity index (χ3n) is 2.70. The summed E-state index contributed by atoms with van der Waals surface area (Å²) in [6.45, 7) is 1.57. The van der Waals surface area contributed by atoms with Crippen molar-refractivity contribution in [1.29, 1.82) is 0 Å². The third-order valence-corrected chi connectivity index (χ3v) is 7.05. The van der Waals surface area contributed by atoms with Crippen molar-refractivity contribution in [1.82, 2.24) is 24.7 Å². The molecule has 26 heavy (non-hydrogen) atoms. The SMILES string of the molecule is COc1nc(C)nc([As]C(=O)NS(=O)(=O)c2cccnc2S(C)(=O)=O)n1. The quantitative estimate of drug-likeness (QED) is 0.497. The maximum absolute atomic E-state index is 12.4. The van der Waals surface area contributed by atoms with Crippen molar-refractivity contribution in [3.63, 3.8) is 0 Å². The Morgan fingerprint density at radius 1 is 1.19 bits per heavy atom. The molecular formula is C12H13AsN5O6S2. The van der Waals surface area contributed by atoms with Crippen LogP contribution in [0.1, 0.15) is 5.82 Å². The van der Waals surface area contributed by atoms with Crippen LogP contribution in [0.25, 0.3) is 0 Å². The number of nitrogens with zero attached hydrogens (tertiary/aromatic N) is 4. The number of nitrogens with one attached hydrogen (secondary N) is 1. The number of aryl methyl sites for hydroxylation is 1. The van der Waals surface area contributed by atoms with Crippen molar-refractivity contribution < 1.29 is 26.4 Å². The van der Waals surface area contributed by atoms with Gasteiger partial charge in [-0.3, -0.25) is 0 Å². The van der Waals surface area contributed by atoms with Gasteiger partial charge in [-0.05, 0) is 0 Å². The first-order valence-electron chi connectivity index (χ1n) is 6.73. The Labute approximate surface area is 156 Å². The Morgan fingerprint density at radius 2 is 1.88 bits per heavy atom. The maximum atomic E-state index is 12.4. The van der Waals surface area contributed by atoms with Crippen LogP contribution in [0.5, 0.6) is 6.01 Å². The van der Waals surface area contributed by atoms with E-state index in [0.29, 0.717) is 5.82 Å². The van der Waals surface area contributed by atoms with Gasteiger partial charge in [0.25, 0.3) is 0 Å². The predicted octanol–water partition coefficient (Wildman–Crippen LogP) is -1.58. The van der Waals surface area contributed by atoms with Crippen molar-refractivity contribution >= 4 is 44.9 Å². The molecule has 2 rings (SSSR count). The van der Waals surface area contributed by atoms with E-state index in [1.54, 1.807) is 6.92 Å². The summed E-state index contributed by atoms with van der Waals surface area (Å²) in [5.74, 6) is 0.310. The fraction of sp³-hybridized carbons (Fsp3) is 0.250. The summed E-state index contributed by atoms with van der Waals surface area (Å²) in [5.41, 5.74) is 0. The van der Waals surface area contributed by atoms with Crippen molar-refractivity contribution in [2.75, 3.05) is 13.4 Å². The fourth-order valence-electron chi connectivity index (χ4n) is 1.73. The summed E-state index contributed by atoms with van der Waals surface area (Å²) >= 11 is -1.45. The minimum absolute atomic E-state index is 0.00471. The number of ether oxygens (including phenoxy) is 1. The zero-order valence-electron chi connectivity index (χ0n) is 13.7. The molecule has 0 aliphatic carbocycles. The van der Waals surface area contributed by atoms with Crippen molar-refractivity contribution in [2.24, 2.45) is 0 Å². The molecule has 11 nitrogen and oxygen atoms in total. The summed E-state index contributed by atoms with van der Waals surface area (Å²) in [5, 5.41) is -0.644. The zero-order chi connectivity index (χ0) is 19.5. The van der Waals surface area contributed by atoms with E-state index in [1.807, 2.05) is 4.72 Å². The molecule has 2 heterocycles. The molecule has 0 aliphatic rings. The number of sulfonamides is 1. The predicted molar refractivity (Wildman–Crippen MR) is 89.6 cm³/mol. The van der Waals surface area contributed by atoms with Gasteiger partial charge in [-0.15, -0.1) is 0 Å². The molecule has 139 valence electrons. The van der Waals surface area contributed by atoms with E-state index in [4.69, 9.17) is 4.74 Å². The molecule has 1 N–H and O–H groups in total. The number of aromatic nitrogens is 4. The van der Waals surface area contributed by atoms with Gasteiger partial charge >= 0.3 is 156 Å². The monoisotopic (exact) mass is 462 g/mol. The van der Waals surface area contributed by atoms with Crippen LogP contribution in [0, 0.1) is 6.92 Å². The topological polar surface area (TPSA) is 158 Å². The Morgan fingerprint density at radius 3 is 2.50 bits per heavy atom. The summed E-state index contributed by atoms with van der Waals surface area (Å²) in [6, 6.07) is 2.30. The Kier molecular flexibility index (Phi) is 5.94. The van der Waals surface area contributed by atoms with Crippen molar-refractivity contribution in [2.45, 2.75) is 16.8 Å². The number of hydrogen-bond acceptors (Lipinski definition) is 10. The van der Waals surface area contributed by atoms with Crippen LogP contribution in [0.15, 0.2) is 28.3 Å². The van der Waals surface area contributed by atoms with Crippen LogP contribution in [-0.2, 0) is 19.9 Å². The second kappa shape index (κ2) is 7.64. The molecule has 1 radical (unpaired) electrons. The number of hydrogen-bond donors (Lipinski definition) is 1. The van der Waals surface area contributed by atoms with E-state index >= 15 is 0 Å². The van der Waals surface area contributed by atoms with Gasteiger partial charge in [-0.1, -0.05) is 0 Å². The number of pyridine rings is 1. The summed E-state index contributed by atoms with van der Waals surface area (Å²) < 4.78 is 54.1. The van der Waals surface area contributed by atoms with Crippen LogP contribution < -0.4 is 14.1 Å². The van der Waals surface area contributed by atoms with Gasteiger partial charge in [0, 0.05) is 0 Å². The Hall–Kier alpha value is -2.11. The van der Waals surface area contributed by atoms with E-state index < -0.39 is 50.2 Å². The molecule has 0 atom stereocenters. The van der Waals surface area contributed by atoms with Gasteiger partial charge in [0.05, 0.1) is 0 Å². The first-order chi connectivity index (χ1) is 12.0. The number of methoxy groups -OCH3 is 1. The Bertz CT molecular complexity index is 1060. The number of sulfone groups is 1. The van der Waals surface area contributed by atoms with Crippen LogP contribution in [-0.4, -0.2) is 70.6 Å². The third kappa shape index (κ3) is 4.96. The standard InChI is InChI=1S/C12H13AsN5O6S2/c1-7-15-10(17-12(16-7)24-2)13-11(19)18-26(22,23)8-5-4-6-14-9(8)25(3,20)21/h4-6H,1-3H3,(H,18,19). The molecule has 0 bridgehead atoms. The Balaban J connectivity index is 2.28. The van der Waals surface area contributed by atoms with Gasteiger partial charge in [0.2, 0.25) is 0 Å². The molecule has 0 spiro atoms. The second-order valence-electron chi connectivity index (χ2n) is 4.77.